The molecule has 0 saturated heterocycles. The number of carbonyl (C=O) groups excluding carboxylic acids is 1. The third-order valence-electron chi connectivity index (χ3n) is 2.48. The van der Waals surface area contributed by atoms with Crippen molar-refractivity contribution in [2.24, 2.45) is 0 Å². The average Bonchev–Trinajstić information content (AvgIpc) is 2.29. The molecule has 1 aromatic carbocycles. The van der Waals surface area contributed by atoms with Crippen LogP contribution < -0.4 is 10.6 Å². The maximum atomic E-state index is 11.5. The van der Waals surface area contributed by atoms with Crippen LogP contribution in [-0.4, -0.2) is 18.2 Å². The number of amides is 1. The highest BCUT2D eigenvalue weighted by atomic mass is 79.9. The smallest absolute Gasteiger partial charge is 0.237 e. The summed E-state index contributed by atoms with van der Waals surface area (Å²) in [5.74, 6) is 0.0743. The van der Waals surface area contributed by atoms with Gasteiger partial charge in [-0.25, -0.2) is 0 Å². The number of halogens is 1. The van der Waals surface area contributed by atoms with Crippen molar-refractivity contribution >= 4 is 39.3 Å². The van der Waals surface area contributed by atoms with Crippen LogP contribution in [-0.2, 0) is 4.79 Å². The van der Waals surface area contributed by atoms with Crippen LogP contribution in [0.25, 0.3) is 0 Å². The maximum absolute atomic E-state index is 11.5. The van der Waals surface area contributed by atoms with Gasteiger partial charge in [-0.3, -0.25) is 4.79 Å². The van der Waals surface area contributed by atoms with Crippen LogP contribution in [0.2, 0.25) is 0 Å². The molecule has 16 heavy (non-hydrogen) atoms. The van der Waals surface area contributed by atoms with Crippen molar-refractivity contribution < 1.29 is 4.79 Å². The Morgan fingerprint density at radius 2 is 2.31 bits per heavy atom. The second-order valence-electron chi connectivity index (χ2n) is 3.66. The van der Waals surface area contributed by atoms with E-state index in [4.69, 9.17) is 0 Å². The summed E-state index contributed by atoms with van der Waals surface area (Å²) in [5, 5.41) is 6.01. The van der Waals surface area contributed by atoms with Crippen molar-refractivity contribution in [2.75, 3.05) is 12.4 Å². The topological polar surface area (TPSA) is 41.1 Å². The van der Waals surface area contributed by atoms with Crippen LogP contribution in [0.4, 0.5) is 5.69 Å². The van der Waals surface area contributed by atoms with Gasteiger partial charge in [-0.1, -0.05) is 22.0 Å². The molecule has 1 amide bonds. The summed E-state index contributed by atoms with van der Waals surface area (Å²) in [5.41, 5.74) is 2.02. The summed E-state index contributed by atoms with van der Waals surface area (Å²) >= 11 is 5.11. The summed E-state index contributed by atoms with van der Waals surface area (Å²) < 4.78 is 0. The van der Waals surface area contributed by atoms with Crippen LogP contribution in [0.5, 0.6) is 0 Å². The number of rotatable bonds is 2. The molecule has 1 aliphatic heterocycles. The van der Waals surface area contributed by atoms with Gasteiger partial charge < -0.3 is 10.6 Å². The van der Waals surface area contributed by atoms with E-state index in [1.54, 1.807) is 11.8 Å². The zero-order valence-electron chi connectivity index (χ0n) is 9.08. The fourth-order valence-electron chi connectivity index (χ4n) is 1.55. The molecule has 0 bridgehead atoms. The lowest BCUT2D eigenvalue weighted by atomic mass is 10.2. The molecule has 2 N–H and O–H groups in total. The molecule has 0 aromatic heterocycles. The Kier molecular flexibility index (Phi) is 3.56. The number of hydrogen-bond acceptors (Lipinski definition) is 3. The van der Waals surface area contributed by atoms with E-state index < -0.39 is 0 Å². The number of alkyl halides is 1. The lowest BCUT2D eigenvalue weighted by Crippen LogP contribution is -2.26. The van der Waals surface area contributed by atoms with Gasteiger partial charge in [0.05, 0.1) is 15.9 Å². The predicted molar refractivity (Wildman–Crippen MR) is 71.1 cm³/mol. The predicted octanol–water partition coefficient (Wildman–Crippen LogP) is 2.73. The fraction of sp³-hybridized carbons (Fsp3) is 0.364. The van der Waals surface area contributed by atoms with Gasteiger partial charge in [0.25, 0.3) is 0 Å². The minimum Gasteiger partial charge on any atom is -0.324 e. The average molecular weight is 301 g/mol. The molecule has 1 heterocycles. The van der Waals surface area contributed by atoms with Gasteiger partial charge in [0.2, 0.25) is 5.91 Å². The molecule has 0 aliphatic carbocycles. The fourth-order valence-corrected chi connectivity index (χ4v) is 2.77. The molecule has 0 spiro atoms. The molecular weight excluding hydrogens is 288 g/mol. The first-order valence-corrected chi connectivity index (χ1v) is 6.84. The lowest BCUT2D eigenvalue weighted by Gasteiger charge is -2.22. The number of carbonyl (C=O) groups is 1. The first kappa shape index (κ1) is 12.0. The van der Waals surface area contributed by atoms with Crippen molar-refractivity contribution in [1.29, 1.82) is 0 Å². The third-order valence-corrected chi connectivity index (χ3v) is 4.64. The minimum absolute atomic E-state index is 0.0117. The van der Waals surface area contributed by atoms with Gasteiger partial charge in [-0.2, -0.15) is 0 Å². The molecule has 2 atom stereocenters. The van der Waals surface area contributed by atoms with E-state index >= 15 is 0 Å². The Balaban J connectivity index is 2.32. The molecule has 1 aromatic rings. The number of benzene rings is 1. The standard InChI is InChI=1S/C11H13BrN2OS/c1-6-11(15)14-8-5-7(10(12)13-2)3-4-9(8)16-6/h3-6,10,13H,1-2H3,(H,14,15). The maximum Gasteiger partial charge on any atom is 0.237 e. The zero-order chi connectivity index (χ0) is 11.7. The first-order valence-electron chi connectivity index (χ1n) is 5.04. The van der Waals surface area contributed by atoms with Crippen molar-refractivity contribution in [3.05, 3.63) is 23.8 Å². The van der Waals surface area contributed by atoms with Gasteiger partial charge in [0.15, 0.2) is 0 Å². The molecule has 86 valence electrons. The largest absolute Gasteiger partial charge is 0.324 e. The zero-order valence-corrected chi connectivity index (χ0v) is 11.5. The van der Waals surface area contributed by atoms with E-state index in [1.807, 2.05) is 20.0 Å². The lowest BCUT2D eigenvalue weighted by molar-refractivity contribution is -0.115. The molecule has 0 fully saturated rings. The Morgan fingerprint density at radius 3 is 3.00 bits per heavy atom. The highest BCUT2D eigenvalue weighted by molar-refractivity contribution is 9.09. The monoisotopic (exact) mass is 300 g/mol. The minimum atomic E-state index is -0.0117. The SMILES string of the molecule is CNC(Br)c1ccc2c(c1)NC(=O)C(C)S2. The Morgan fingerprint density at radius 1 is 1.56 bits per heavy atom. The van der Waals surface area contributed by atoms with Crippen LogP contribution in [0.15, 0.2) is 23.1 Å². The molecule has 3 nitrogen and oxygen atoms in total. The van der Waals surface area contributed by atoms with Crippen LogP contribution in [0, 0.1) is 0 Å². The number of nitrogens with one attached hydrogen (secondary N) is 2. The highest BCUT2D eigenvalue weighted by Crippen LogP contribution is 2.37. The Bertz CT molecular complexity index is 424. The van der Waals surface area contributed by atoms with E-state index in [2.05, 4.69) is 38.7 Å². The van der Waals surface area contributed by atoms with E-state index in [0.29, 0.717) is 0 Å². The highest BCUT2D eigenvalue weighted by Gasteiger charge is 2.23. The summed E-state index contributed by atoms with van der Waals surface area (Å²) in [7, 11) is 1.88. The molecule has 1 aliphatic rings. The Labute approximate surface area is 108 Å². The van der Waals surface area contributed by atoms with E-state index in [9.17, 15) is 4.79 Å². The van der Waals surface area contributed by atoms with Crippen LogP contribution >= 0.6 is 27.7 Å². The van der Waals surface area contributed by atoms with Crippen molar-refractivity contribution in [3.8, 4) is 0 Å². The van der Waals surface area contributed by atoms with Gasteiger partial charge >= 0.3 is 0 Å². The second-order valence-corrected chi connectivity index (χ2v) is 5.95. The molecular formula is C11H13BrN2OS. The van der Waals surface area contributed by atoms with Crippen molar-refractivity contribution in [1.82, 2.24) is 5.32 Å². The molecule has 2 unspecified atom stereocenters. The van der Waals surface area contributed by atoms with E-state index in [0.717, 1.165) is 16.1 Å². The van der Waals surface area contributed by atoms with Crippen molar-refractivity contribution in [2.45, 2.75) is 22.0 Å². The molecule has 2 rings (SSSR count). The summed E-state index contributed by atoms with van der Waals surface area (Å²) in [6.45, 7) is 1.91. The second kappa shape index (κ2) is 4.77. The normalized spacial score (nSPS) is 21.2. The molecule has 5 heteroatoms. The molecule has 0 radical (unpaired) electrons. The van der Waals surface area contributed by atoms with Crippen LogP contribution in [0.1, 0.15) is 17.4 Å². The first-order chi connectivity index (χ1) is 7.61. The number of anilines is 1. The van der Waals surface area contributed by atoms with Gasteiger partial charge in [0.1, 0.15) is 0 Å². The third kappa shape index (κ3) is 2.26. The number of thioether (sulfide) groups is 1. The molecule has 0 saturated carbocycles. The van der Waals surface area contributed by atoms with E-state index in [-0.39, 0.29) is 16.1 Å². The van der Waals surface area contributed by atoms with Crippen molar-refractivity contribution in [3.63, 3.8) is 0 Å². The van der Waals surface area contributed by atoms with E-state index in [1.165, 1.54) is 0 Å². The number of fused-ring (bicyclic) bond motifs is 1. The number of hydrogen-bond donors (Lipinski definition) is 2. The summed E-state index contributed by atoms with van der Waals surface area (Å²) in [6.07, 6.45) is 0. The summed E-state index contributed by atoms with van der Waals surface area (Å²) in [6, 6.07) is 6.12. The van der Waals surface area contributed by atoms with Gasteiger partial charge in [-0.05, 0) is 31.7 Å². The van der Waals surface area contributed by atoms with Gasteiger partial charge in [0, 0.05) is 4.90 Å². The van der Waals surface area contributed by atoms with Gasteiger partial charge in [-0.15, -0.1) is 11.8 Å². The quantitative estimate of drug-likeness (QED) is 0.652. The Hall–Kier alpha value is -0.520. The van der Waals surface area contributed by atoms with Crippen LogP contribution in [0.3, 0.4) is 0 Å². The summed E-state index contributed by atoms with van der Waals surface area (Å²) in [4.78, 5) is 12.8.